The van der Waals surface area contributed by atoms with Crippen LogP contribution < -0.4 is 5.32 Å². The molecule has 0 saturated carbocycles. The number of carbonyl (C=O) groups is 1. The number of rotatable bonds is 4. The smallest absolute Gasteiger partial charge is 0.239 e. The van der Waals surface area contributed by atoms with E-state index in [1.54, 1.807) is 13.8 Å². The van der Waals surface area contributed by atoms with Gasteiger partial charge in [0, 0.05) is 24.3 Å². The van der Waals surface area contributed by atoms with Crippen LogP contribution in [0.1, 0.15) is 33.1 Å². The van der Waals surface area contributed by atoms with Gasteiger partial charge in [-0.3, -0.25) is 4.79 Å². The van der Waals surface area contributed by atoms with Crippen LogP contribution in [0.3, 0.4) is 0 Å². The average Bonchev–Trinajstić information content (AvgIpc) is 2.16. The molecule has 1 saturated heterocycles. The van der Waals surface area contributed by atoms with Crippen molar-refractivity contribution in [1.29, 1.82) is 0 Å². The molecular formula is C11H19F2NO. The molecule has 0 amide bonds. The van der Waals surface area contributed by atoms with Gasteiger partial charge in [0.25, 0.3) is 0 Å². The Hall–Kier alpha value is -0.510. The van der Waals surface area contributed by atoms with Crippen LogP contribution in [0, 0.1) is 11.3 Å². The molecule has 1 atom stereocenters. The first-order valence-electron chi connectivity index (χ1n) is 5.51. The summed E-state index contributed by atoms with van der Waals surface area (Å²) in [5.74, 6) is -0.182. The molecule has 0 aromatic heterocycles. The van der Waals surface area contributed by atoms with E-state index in [4.69, 9.17) is 0 Å². The summed E-state index contributed by atoms with van der Waals surface area (Å²) in [6.45, 7) is 4.80. The maximum absolute atomic E-state index is 12.5. The summed E-state index contributed by atoms with van der Waals surface area (Å²) in [4.78, 5) is 12.0. The van der Waals surface area contributed by atoms with Gasteiger partial charge in [-0.2, -0.15) is 0 Å². The second-order valence-electron chi connectivity index (χ2n) is 4.67. The fourth-order valence-corrected chi connectivity index (χ4v) is 2.36. The standard InChI is InChI=1S/C11H19F2NO/c1-8(2)10(15)11(6-9(12)13)4-3-5-14-7-11/h8-9,14H,3-7H2,1-2H3. The summed E-state index contributed by atoms with van der Waals surface area (Å²) in [6.07, 6.45) is -1.28. The first-order chi connectivity index (χ1) is 6.98. The van der Waals surface area contributed by atoms with E-state index in [0.29, 0.717) is 13.0 Å². The van der Waals surface area contributed by atoms with Crippen molar-refractivity contribution in [3.63, 3.8) is 0 Å². The average molecular weight is 219 g/mol. The van der Waals surface area contributed by atoms with Crippen molar-refractivity contribution in [2.24, 2.45) is 11.3 Å². The maximum atomic E-state index is 12.5. The third-order valence-corrected chi connectivity index (χ3v) is 3.06. The highest BCUT2D eigenvalue weighted by Crippen LogP contribution is 2.36. The Balaban J connectivity index is 2.79. The lowest BCUT2D eigenvalue weighted by molar-refractivity contribution is -0.135. The van der Waals surface area contributed by atoms with Gasteiger partial charge in [0.1, 0.15) is 5.78 Å². The topological polar surface area (TPSA) is 29.1 Å². The van der Waals surface area contributed by atoms with Crippen molar-refractivity contribution >= 4 is 5.78 Å². The Morgan fingerprint density at radius 2 is 2.13 bits per heavy atom. The highest BCUT2D eigenvalue weighted by molar-refractivity contribution is 5.86. The Labute approximate surface area is 89.4 Å². The Morgan fingerprint density at radius 3 is 2.53 bits per heavy atom. The van der Waals surface area contributed by atoms with Gasteiger partial charge in [-0.05, 0) is 19.4 Å². The lowest BCUT2D eigenvalue weighted by Gasteiger charge is -2.37. The molecule has 0 bridgehead atoms. The van der Waals surface area contributed by atoms with Crippen molar-refractivity contribution in [3.05, 3.63) is 0 Å². The summed E-state index contributed by atoms with van der Waals surface area (Å²) >= 11 is 0. The van der Waals surface area contributed by atoms with Gasteiger partial charge in [0.05, 0.1) is 0 Å². The van der Waals surface area contributed by atoms with E-state index in [9.17, 15) is 13.6 Å². The van der Waals surface area contributed by atoms with Gasteiger partial charge < -0.3 is 5.32 Å². The van der Waals surface area contributed by atoms with Crippen LogP contribution in [0.5, 0.6) is 0 Å². The number of carbonyl (C=O) groups excluding carboxylic acids is 1. The third kappa shape index (κ3) is 2.97. The van der Waals surface area contributed by atoms with Crippen molar-refractivity contribution in [2.45, 2.75) is 39.5 Å². The van der Waals surface area contributed by atoms with Gasteiger partial charge in [-0.1, -0.05) is 13.8 Å². The summed E-state index contributed by atoms with van der Waals surface area (Å²) in [6, 6.07) is 0. The van der Waals surface area contributed by atoms with Crippen LogP contribution in [0.15, 0.2) is 0 Å². The SMILES string of the molecule is CC(C)C(=O)C1(CC(F)F)CCCNC1. The Morgan fingerprint density at radius 1 is 1.47 bits per heavy atom. The van der Waals surface area contributed by atoms with Gasteiger partial charge in [-0.25, -0.2) is 8.78 Å². The molecule has 0 spiro atoms. The van der Waals surface area contributed by atoms with Crippen molar-refractivity contribution in [2.75, 3.05) is 13.1 Å². The number of alkyl halides is 2. The van der Waals surface area contributed by atoms with Crippen LogP contribution in [-0.2, 0) is 4.79 Å². The van der Waals surface area contributed by atoms with E-state index in [0.717, 1.165) is 13.0 Å². The zero-order valence-corrected chi connectivity index (χ0v) is 9.35. The monoisotopic (exact) mass is 219 g/mol. The third-order valence-electron chi connectivity index (χ3n) is 3.06. The maximum Gasteiger partial charge on any atom is 0.239 e. The predicted molar refractivity (Wildman–Crippen MR) is 55.0 cm³/mol. The second kappa shape index (κ2) is 5.01. The van der Waals surface area contributed by atoms with Crippen molar-refractivity contribution < 1.29 is 13.6 Å². The molecule has 15 heavy (non-hydrogen) atoms. The van der Waals surface area contributed by atoms with Gasteiger partial charge in [0.2, 0.25) is 6.43 Å². The molecule has 1 N–H and O–H groups in total. The molecule has 0 aromatic carbocycles. The summed E-state index contributed by atoms with van der Waals surface area (Å²) in [5.41, 5.74) is -0.819. The first-order valence-corrected chi connectivity index (χ1v) is 5.51. The minimum atomic E-state index is -2.40. The molecule has 1 heterocycles. The second-order valence-corrected chi connectivity index (χ2v) is 4.67. The molecular weight excluding hydrogens is 200 g/mol. The zero-order chi connectivity index (χ0) is 11.5. The van der Waals surface area contributed by atoms with Crippen LogP contribution in [0.25, 0.3) is 0 Å². The van der Waals surface area contributed by atoms with E-state index in [1.807, 2.05) is 0 Å². The van der Waals surface area contributed by atoms with E-state index in [-0.39, 0.29) is 18.1 Å². The highest BCUT2D eigenvalue weighted by Gasteiger charge is 2.42. The van der Waals surface area contributed by atoms with Crippen LogP contribution in [0.2, 0.25) is 0 Å². The lowest BCUT2D eigenvalue weighted by Crippen LogP contribution is -2.48. The van der Waals surface area contributed by atoms with E-state index in [1.165, 1.54) is 0 Å². The number of ketones is 1. The van der Waals surface area contributed by atoms with Crippen LogP contribution in [-0.4, -0.2) is 25.3 Å². The van der Waals surface area contributed by atoms with Gasteiger partial charge >= 0.3 is 0 Å². The molecule has 0 radical (unpaired) electrons. The molecule has 1 aliphatic heterocycles. The highest BCUT2D eigenvalue weighted by atomic mass is 19.3. The van der Waals surface area contributed by atoms with E-state index < -0.39 is 11.8 Å². The quantitative estimate of drug-likeness (QED) is 0.785. The number of piperidine rings is 1. The summed E-state index contributed by atoms with van der Waals surface area (Å²) < 4.78 is 25.0. The molecule has 0 aromatic rings. The first kappa shape index (κ1) is 12.6. The molecule has 4 heteroatoms. The Bertz CT molecular complexity index is 223. The Kier molecular flexibility index (Phi) is 4.20. The molecule has 88 valence electrons. The summed E-state index contributed by atoms with van der Waals surface area (Å²) in [5, 5.41) is 3.06. The summed E-state index contributed by atoms with van der Waals surface area (Å²) in [7, 11) is 0. The largest absolute Gasteiger partial charge is 0.316 e. The number of halogens is 2. The van der Waals surface area contributed by atoms with E-state index >= 15 is 0 Å². The lowest BCUT2D eigenvalue weighted by atomic mass is 9.71. The number of hydrogen-bond donors (Lipinski definition) is 1. The molecule has 1 unspecified atom stereocenters. The van der Waals surface area contributed by atoms with Crippen molar-refractivity contribution in [1.82, 2.24) is 5.32 Å². The van der Waals surface area contributed by atoms with Gasteiger partial charge in [-0.15, -0.1) is 0 Å². The van der Waals surface area contributed by atoms with Crippen molar-refractivity contribution in [3.8, 4) is 0 Å². The molecule has 1 fully saturated rings. The minimum Gasteiger partial charge on any atom is -0.316 e. The van der Waals surface area contributed by atoms with Crippen LogP contribution >= 0.6 is 0 Å². The molecule has 1 aliphatic rings. The molecule has 1 rings (SSSR count). The fourth-order valence-electron chi connectivity index (χ4n) is 2.36. The molecule has 2 nitrogen and oxygen atoms in total. The number of nitrogens with one attached hydrogen (secondary N) is 1. The van der Waals surface area contributed by atoms with Gasteiger partial charge in [0.15, 0.2) is 0 Å². The zero-order valence-electron chi connectivity index (χ0n) is 9.35. The number of hydrogen-bond acceptors (Lipinski definition) is 2. The molecule has 0 aliphatic carbocycles. The number of Topliss-reactive ketones (excluding diaryl/α,β-unsaturated/α-hetero) is 1. The van der Waals surface area contributed by atoms with Crippen LogP contribution in [0.4, 0.5) is 8.78 Å². The van der Waals surface area contributed by atoms with E-state index in [2.05, 4.69) is 5.32 Å². The fraction of sp³-hybridized carbons (Fsp3) is 0.909. The normalized spacial score (nSPS) is 27.3. The predicted octanol–water partition coefficient (Wildman–Crippen LogP) is 2.24. The minimum absolute atomic E-state index is 0.0185.